The van der Waals surface area contributed by atoms with Crippen molar-refractivity contribution in [1.29, 1.82) is 5.26 Å². The molecule has 3 heterocycles. The summed E-state index contributed by atoms with van der Waals surface area (Å²) < 4.78 is 6.97. The topological polar surface area (TPSA) is 122 Å². The maximum atomic E-state index is 12.1. The van der Waals surface area contributed by atoms with Gasteiger partial charge in [0.15, 0.2) is 0 Å². The summed E-state index contributed by atoms with van der Waals surface area (Å²) in [6.45, 7) is 4.08. The molecule has 11 heteroatoms. The van der Waals surface area contributed by atoms with E-state index in [1.54, 1.807) is 18.5 Å². The molecule has 1 aliphatic heterocycles. The van der Waals surface area contributed by atoms with E-state index in [-0.39, 0.29) is 36.4 Å². The highest BCUT2D eigenvalue weighted by Crippen LogP contribution is 2.24. The quantitative estimate of drug-likeness (QED) is 0.620. The van der Waals surface area contributed by atoms with Crippen LogP contribution in [0.1, 0.15) is 37.8 Å². The van der Waals surface area contributed by atoms with Gasteiger partial charge in [-0.3, -0.25) is 0 Å². The third-order valence-corrected chi connectivity index (χ3v) is 5.14. The number of hydrogen-bond donors (Lipinski definition) is 1. The Kier molecular flexibility index (Phi) is 5.68. The molecule has 2 aromatic heterocycles. The third-order valence-electron chi connectivity index (χ3n) is 4.89. The molecule has 1 saturated heterocycles. The van der Waals surface area contributed by atoms with E-state index >= 15 is 0 Å². The van der Waals surface area contributed by atoms with Crippen molar-refractivity contribution >= 4 is 29.6 Å². The molecule has 158 valence electrons. The van der Waals surface area contributed by atoms with Crippen LogP contribution in [0.5, 0.6) is 0 Å². The molecule has 0 saturated carbocycles. The summed E-state index contributed by atoms with van der Waals surface area (Å²) in [7, 11) is 0. The van der Waals surface area contributed by atoms with Gasteiger partial charge in [-0.1, -0.05) is 18.5 Å². The number of imidazole rings is 1. The number of hydrogen-bond acceptors (Lipinski definition) is 8. The second-order valence-electron chi connectivity index (χ2n) is 6.95. The number of nitrogens with zero attached hydrogens (tertiary/aromatic N) is 7. The van der Waals surface area contributed by atoms with E-state index in [1.165, 1.54) is 4.90 Å². The molecule has 0 spiro atoms. The maximum Gasteiger partial charge on any atom is 0.417 e. The SMILES string of the molecule is CC[C@H]1COC(=O)N1c1nc(C#N)nc(N[C@@H](C)c2cn(-c3ccc(Cl)cc3)cn2)n1. The summed E-state index contributed by atoms with van der Waals surface area (Å²) in [4.78, 5) is 30.5. The van der Waals surface area contributed by atoms with Gasteiger partial charge in [0.1, 0.15) is 12.7 Å². The number of halogens is 1. The largest absolute Gasteiger partial charge is 0.447 e. The number of nitrogens with one attached hydrogen (secondary N) is 1. The summed E-state index contributed by atoms with van der Waals surface area (Å²) in [6, 6.07) is 8.84. The van der Waals surface area contributed by atoms with Crippen LogP contribution in [0.15, 0.2) is 36.8 Å². The van der Waals surface area contributed by atoms with E-state index in [0.717, 1.165) is 11.4 Å². The Bertz CT molecular complexity index is 1140. The van der Waals surface area contributed by atoms with Gasteiger partial charge in [-0.05, 0) is 37.6 Å². The van der Waals surface area contributed by atoms with Crippen molar-refractivity contribution in [3.63, 3.8) is 0 Å². The number of rotatable bonds is 6. The number of ether oxygens (including phenoxy) is 1. The van der Waals surface area contributed by atoms with Gasteiger partial charge in [0, 0.05) is 16.9 Å². The first-order valence-corrected chi connectivity index (χ1v) is 10.0. The summed E-state index contributed by atoms with van der Waals surface area (Å²) in [5.74, 6) is 0.160. The molecular formula is C20H19ClN8O2. The van der Waals surface area contributed by atoms with Crippen LogP contribution >= 0.6 is 11.6 Å². The lowest BCUT2D eigenvalue weighted by Crippen LogP contribution is -2.34. The summed E-state index contributed by atoms with van der Waals surface area (Å²) in [5, 5.41) is 13.1. The summed E-state index contributed by atoms with van der Waals surface area (Å²) in [5.41, 5.74) is 1.66. The van der Waals surface area contributed by atoms with Gasteiger partial charge in [0.05, 0.1) is 24.1 Å². The van der Waals surface area contributed by atoms with E-state index in [2.05, 4.69) is 25.3 Å². The Hall–Kier alpha value is -3.71. The van der Waals surface area contributed by atoms with Crippen molar-refractivity contribution in [1.82, 2.24) is 24.5 Å². The fourth-order valence-electron chi connectivity index (χ4n) is 3.18. The normalized spacial score (nSPS) is 16.6. The Morgan fingerprint density at radius 2 is 2.10 bits per heavy atom. The van der Waals surface area contributed by atoms with Crippen LogP contribution in [0, 0.1) is 11.3 Å². The number of anilines is 2. The summed E-state index contributed by atoms with van der Waals surface area (Å²) in [6.07, 6.45) is 3.70. The minimum Gasteiger partial charge on any atom is -0.447 e. The predicted molar refractivity (Wildman–Crippen MR) is 113 cm³/mol. The minimum absolute atomic E-state index is 0.0855. The van der Waals surface area contributed by atoms with Crippen molar-refractivity contribution in [3.05, 3.63) is 53.3 Å². The number of carbonyl (C=O) groups is 1. The molecule has 1 amide bonds. The van der Waals surface area contributed by atoms with Crippen LogP contribution in [-0.2, 0) is 4.74 Å². The van der Waals surface area contributed by atoms with Crippen LogP contribution in [-0.4, -0.2) is 43.2 Å². The van der Waals surface area contributed by atoms with E-state index in [0.29, 0.717) is 11.4 Å². The van der Waals surface area contributed by atoms with Crippen molar-refractivity contribution in [2.24, 2.45) is 0 Å². The molecule has 0 unspecified atom stereocenters. The van der Waals surface area contributed by atoms with Crippen molar-refractivity contribution in [2.75, 3.05) is 16.8 Å². The predicted octanol–water partition coefficient (Wildman–Crippen LogP) is 3.49. The fourth-order valence-corrected chi connectivity index (χ4v) is 3.30. The molecule has 0 radical (unpaired) electrons. The smallest absolute Gasteiger partial charge is 0.417 e. The maximum absolute atomic E-state index is 12.1. The molecule has 1 aliphatic rings. The highest BCUT2D eigenvalue weighted by atomic mass is 35.5. The molecule has 1 aromatic carbocycles. The fraction of sp³-hybridized carbons (Fsp3) is 0.300. The highest BCUT2D eigenvalue weighted by molar-refractivity contribution is 6.30. The average molecular weight is 439 g/mol. The first-order valence-electron chi connectivity index (χ1n) is 9.67. The molecule has 10 nitrogen and oxygen atoms in total. The second-order valence-corrected chi connectivity index (χ2v) is 7.39. The first-order chi connectivity index (χ1) is 15.0. The Morgan fingerprint density at radius 3 is 2.81 bits per heavy atom. The van der Waals surface area contributed by atoms with Gasteiger partial charge >= 0.3 is 6.09 Å². The van der Waals surface area contributed by atoms with Crippen LogP contribution in [0.4, 0.5) is 16.7 Å². The molecule has 1 N–H and O–H groups in total. The lowest BCUT2D eigenvalue weighted by molar-refractivity contribution is 0.178. The number of aromatic nitrogens is 5. The Morgan fingerprint density at radius 1 is 1.32 bits per heavy atom. The van der Waals surface area contributed by atoms with Crippen LogP contribution in [0.25, 0.3) is 5.69 Å². The van der Waals surface area contributed by atoms with Gasteiger partial charge in [0.2, 0.25) is 17.7 Å². The van der Waals surface area contributed by atoms with E-state index < -0.39 is 6.09 Å². The third kappa shape index (κ3) is 4.27. The zero-order valence-corrected chi connectivity index (χ0v) is 17.6. The van der Waals surface area contributed by atoms with Gasteiger partial charge < -0.3 is 14.6 Å². The van der Waals surface area contributed by atoms with Gasteiger partial charge in [-0.25, -0.2) is 14.7 Å². The standard InChI is InChI=1S/C20H19ClN8O2/c1-3-14-10-31-20(30)29(14)19-26-17(8-22)25-18(27-19)24-12(2)16-9-28(11-23-16)15-6-4-13(21)5-7-15/h4-7,9,11-12,14H,3,10H2,1-2H3,(H,24,25,26,27)/t12-,14-/m0/s1. The molecule has 0 bridgehead atoms. The van der Waals surface area contributed by atoms with Gasteiger partial charge in [0.25, 0.3) is 0 Å². The van der Waals surface area contributed by atoms with Crippen molar-refractivity contribution in [3.8, 4) is 11.8 Å². The molecule has 0 aliphatic carbocycles. The number of nitriles is 1. The molecule has 1 fully saturated rings. The Labute approximate surface area is 183 Å². The van der Waals surface area contributed by atoms with Gasteiger partial charge in [-0.15, -0.1) is 0 Å². The van der Waals surface area contributed by atoms with Crippen LogP contribution in [0.2, 0.25) is 5.02 Å². The molecular weight excluding hydrogens is 420 g/mol. The molecule has 2 atom stereocenters. The van der Waals surface area contributed by atoms with E-state index in [9.17, 15) is 10.1 Å². The van der Waals surface area contributed by atoms with E-state index in [1.807, 2.05) is 42.8 Å². The Balaban J connectivity index is 1.57. The molecule has 31 heavy (non-hydrogen) atoms. The lowest BCUT2D eigenvalue weighted by Gasteiger charge is -2.19. The molecule has 4 rings (SSSR count). The summed E-state index contributed by atoms with van der Waals surface area (Å²) >= 11 is 5.95. The van der Waals surface area contributed by atoms with Crippen LogP contribution < -0.4 is 10.2 Å². The number of benzene rings is 1. The zero-order valence-electron chi connectivity index (χ0n) is 16.9. The zero-order chi connectivity index (χ0) is 22.0. The highest BCUT2D eigenvalue weighted by Gasteiger charge is 2.35. The van der Waals surface area contributed by atoms with Crippen molar-refractivity contribution < 1.29 is 9.53 Å². The number of cyclic esters (lactones) is 1. The second kappa shape index (κ2) is 8.57. The monoisotopic (exact) mass is 438 g/mol. The first kappa shape index (κ1) is 20.6. The lowest BCUT2D eigenvalue weighted by atomic mass is 10.2. The average Bonchev–Trinajstić information content (AvgIpc) is 3.41. The van der Waals surface area contributed by atoms with Crippen LogP contribution in [0.3, 0.4) is 0 Å². The minimum atomic E-state index is -0.539. The van der Waals surface area contributed by atoms with Crippen molar-refractivity contribution in [2.45, 2.75) is 32.4 Å². The van der Waals surface area contributed by atoms with Gasteiger partial charge in [-0.2, -0.15) is 20.2 Å². The molecule has 3 aromatic rings. The number of carbonyl (C=O) groups excluding carboxylic acids is 1. The number of amides is 1. The van der Waals surface area contributed by atoms with E-state index in [4.69, 9.17) is 16.3 Å².